The Bertz CT molecular complexity index is 941. The number of aliphatic hydroxyl groups is 1. The number of rotatable bonds is 36. The molecule has 0 bridgehead atoms. The van der Waals surface area contributed by atoms with E-state index in [2.05, 4.69) is 19.9 Å². The number of carbonyl (C=O) groups excluding carboxylic acids is 2. The van der Waals surface area contributed by atoms with Gasteiger partial charge in [-0.15, -0.1) is 0 Å². The van der Waals surface area contributed by atoms with E-state index in [0.29, 0.717) is 19.3 Å². The molecule has 0 aromatic rings. The average molecular weight is 730 g/mol. The fourth-order valence-electron chi connectivity index (χ4n) is 5.20. The van der Waals surface area contributed by atoms with Crippen LogP contribution in [0.2, 0.25) is 0 Å². The Balaban J connectivity index is 4.27. The lowest BCUT2D eigenvalue weighted by molar-refractivity contribution is -0.161. The van der Waals surface area contributed by atoms with Gasteiger partial charge in [0.1, 0.15) is 6.61 Å². The Hall–Kier alpha value is -1.81. The van der Waals surface area contributed by atoms with Crippen LogP contribution in [0.25, 0.3) is 0 Å². The highest BCUT2D eigenvalue weighted by Gasteiger charge is 2.26. The number of nitrogens with two attached hydrogens (primary N) is 1. The molecule has 0 aliphatic carbocycles. The number of ether oxygens (including phenoxy) is 2. The molecule has 0 heterocycles. The number of phosphoric ester groups is 1. The normalized spacial score (nSPS) is 14.4. The van der Waals surface area contributed by atoms with Gasteiger partial charge in [-0.05, 0) is 38.5 Å². The molecule has 292 valence electrons. The summed E-state index contributed by atoms with van der Waals surface area (Å²) in [5.74, 6) is -0.882. The Morgan fingerprint density at radius 2 is 1.26 bits per heavy atom. The summed E-state index contributed by atoms with van der Waals surface area (Å²) in [6.07, 6.45) is 33.6. The number of aliphatic hydroxyl groups excluding tert-OH is 1. The van der Waals surface area contributed by atoms with Crippen LogP contribution in [0.3, 0.4) is 0 Å². The highest BCUT2D eigenvalue weighted by atomic mass is 31.2. The van der Waals surface area contributed by atoms with Gasteiger partial charge in [0.05, 0.1) is 19.3 Å². The van der Waals surface area contributed by atoms with Crippen molar-refractivity contribution in [3.05, 3.63) is 36.5 Å². The lowest BCUT2D eigenvalue weighted by atomic mass is 10.0. The van der Waals surface area contributed by atoms with Gasteiger partial charge in [-0.1, -0.05) is 147 Å². The second-order valence-corrected chi connectivity index (χ2v) is 14.4. The first-order valence-corrected chi connectivity index (χ1v) is 21.1. The van der Waals surface area contributed by atoms with Crippen molar-refractivity contribution in [3.8, 4) is 0 Å². The Morgan fingerprint density at radius 3 is 1.84 bits per heavy atom. The standard InChI is InChI=1S/C39H72NO9P/c1-3-5-7-8-9-10-11-12-13-16-20-23-27-31-39(43)49-37(35-48-50(44,45)47-33-32-40)34-46-38(42)30-26-22-19-17-14-15-18-21-25-29-36(41)28-24-6-4-2/h6,18,21,24-25,29,36-37,41H,3-5,7-17,19-20,22-23,26-28,30-35,40H2,1-2H3,(H,44,45)/b21-18+,24-6+,29-25+/t36?,37-/m1/s1. The molecule has 0 saturated heterocycles. The first-order valence-electron chi connectivity index (χ1n) is 19.6. The van der Waals surface area contributed by atoms with E-state index in [1.54, 1.807) is 6.08 Å². The van der Waals surface area contributed by atoms with Crippen LogP contribution in [-0.4, -0.2) is 60.5 Å². The zero-order valence-corrected chi connectivity index (χ0v) is 32.4. The average Bonchev–Trinajstić information content (AvgIpc) is 3.09. The van der Waals surface area contributed by atoms with Crippen molar-refractivity contribution in [2.24, 2.45) is 5.73 Å². The summed E-state index contributed by atoms with van der Waals surface area (Å²) in [7, 11) is -4.39. The molecular weight excluding hydrogens is 657 g/mol. The van der Waals surface area contributed by atoms with E-state index in [-0.39, 0.29) is 32.6 Å². The monoisotopic (exact) mass is 729 g/mol. The zero-order chi connectivity index (χ0) is 37.0. The summed E-state index contributed by atoms with van der Waals surface area (Å²) < 4.78 is 32.6. The Kier molecular flexibility index (Phi) is 34.3. The minimum atomic E-state index is -4.39. The smallest absolute Gasteiger partial charge is 0.462 e. The molecule has 0 spiro atoms. The van der Waals surface area contributed by atoms with Gasteiger partial charge >= 0.3 is 19.8 Å². The third-order valence-corrected chi connectivity index (χ3v) is 9.10. The van der Waals surface area contributed by atoms with Crippen molar-refractivity contribution in [2.45, 2.75) is 174 Å². The van der Waals surface area contributed by atoms with Gasteiger partial charge in [0.2, 0.25) is 0 Å². The van der Waals surface area contributed by atoms with Crippen LogP contribution in [-0.2, 0) is 32.7 Å². The second kappa shape index (κ2) is 35.6. The molecule has 0 saturated carbocycles. The summed E-state index contributed by atoms with van der Waals surface area (Å²) in [6, 6.07) is 0. The molecular formula is C39H72NO9P. The molecule has 0 aliphatic heterocycles. The van der Waals surface area contributed by atoms with Crippen molar-refractivity contribution < 1.29 is 42.7 Å². The lowest BCUT2D eigenvalue weighted by Crippen LogP contribution is -2.29. The highest BCUT2D eigenvalue weighted by Crippen LogP contribution is 2.43. The number of unbranched alkanes of at least 4 members (excludes halogenated alkanes) is 17. The van der Waals surface area contributed by atoms with Crippen LogP contribution < -0.4 is 5.73 Å². The van der Waals surface area contributed by atoms with Gasteiger partial charge in [-0.3, -0.25) is 18.6 Å². The zero-order valence-electron chi connectivity index (χ0n) is 31.5. The van der Waals surface area contributed by atoms with Gasteiger partial charge in [0, 0.05) is 19.4 Å². The van der Waals surface area contributed by atoms with E-state index >= 15 is 0 Å². The van der Waals surface area contributed by atoms with Crippen molar-refractivity contribution in [3.63, 3.8) is 0 Å². The first kappa shape index (κ1) is 48.2. The molecule has 0 aromatic carbocycles. The van der Waals surface area contributed by atoms with E-state index < -0.39 is 38.6 Å². The fraction of sp³-hybridized carbons (Fsp3) is 0.795. The Labute approximate surface area is 304 Å². The maximum Gasteiger partial charge on any atom is 0.472 e. The molecule has 4 N–H and O–H groups in total. The molecule has 0 aromatic heterocycles. The summed E-state index contributed by atoms with van der Waals surface area (Å²) in [6.45, 7) is 3.47. The number of hydrogen-bond donors (Lipinski definition) is 3. The summed E-state index contributed by atoms with van der Waals surface area (Å²) in [4.78, 5) is 34.7. The number of hydrogen-bond acceptors (Lipinski definition) is 9. The molecule has 0 fully saturated rings. The van der Waals surface area contributed by atoms with Gasteiger partial charge in [0.25, 0.3) is 0 Å². The van der Waals surface area contributed by atoms with Crippen LogP contribution in [0.15, 0.2) is 36.5 Å². The van der Waals surface area contributed by atoms with Gasteiger partial charge in [0.15, 0.2) is 6.10 Å². The maximum atomic E-state index is 12.5. The van der Waals surface area contributed by atoms with Crippen LogP contribution in [0, 0.1) is 0 Å². The van der Waals surface area contributed by atoms with Gasteiger partial charge < -0.3 is 25.2 Å². The molecule has 11 heteroatoms. The molecule has 0 aliphatic rings. The van der Waals surface area contributed by atoms with Crippen molar-refractivity contribution in [1.29, 1.82) is 0 Å². The SMILES string of the molecule is CC/C=C/CC(O)/C=C/C=C/CCCCCCCC(=O)OC[C@H](COP(=O)(O)OCCN)OC(=O)CCCCCCCCCCCCCCC. The van der Waals surface area contributed by atoms with Gasteiger partial charge in [-0.25, -0.2) is 4.57 Å². The minimum absolute atomic E-state index is 0.0428. The molecule has 50 heavy (non-hydrogen) atoms. The predicted octanol–water partition coefficient (Wildman–Crippen LogP) is 9.58. The van der Waals surface area contributed by atoms with E-state index in [4.69, 9.17) is 24.3 Å². The van der Waals surface area contributed by atoms with E-state index in [0.717, 1.165) is 57.8 Å². The largest absolute Gasteiger partial charge is 0.472 e. The van der Waals surface area contributed by atoms with Gasteiger partial charge in [-0.2, -0.15) is 0 Å². The quantitative estimate of drug-likeness (QED) is 0.0187. The maximum absolute atomic E-state index is 12.5. The Morgan fingerprint density at radius 1 is 0.700 bits per heavy atom. The molecule has 0 amide bonds. The molecule has 2 unspecified atom stereocenters. The third-order valence-electron chi connectivity index (χ3n) is 8.12. The van der Waals surface area contributed by atoms with Crippen LogP contribution in [0.1, 0.15) is 162 Å². The summed E-state index contributed by atoms with van der Waals surface area (Å²) >= 11 is 0. The molecule has 10 nitrogen and oxygen atoms in total. The molecule has 3 atom stereocenters. The summed E-state index contributed by atoms with van der Waals surface area (Å²) in [5.41, 5.74) is 5.33. The van der Waals surface area contributed by atoms with Crippen molar-refractivity contribution in [2.75, 3.05) is 26.4 Å². The van der Waals surface area contributed by atoms with E-state index in [9.17, 15) is 24.2 Å². The van der Waals surface area contributed by atoms with E-state index in [1.807, 2.05) is 24.3 Å². The van der Waals surface area contributed by atoms with Crippen LogP contribution in [0.5, 0.6) is 0 Å². The van der Waals surface area contributed by atoms with Crippen LogP contribution in [0.4, 0.5) is 0 Å². The second-order valence-electron chi connectivity index (χ2n) is 13.0. The minimum Gasteiger partial charge on any atom is -0.462 e. The fourth-order valence-corrected chi connectivity index (χ4v) is 5.96. The predicted molar refractivity (Wildman–Crippen MR) is 203 cm³/mol. The third kappa shape index (κ3) is 34.6. The van der Waals surface area contributed by atoms with E-state index in [1.165, 1.54) is 57.8 Å². The van der Waals surface area contributed by atoms with Crippen LogP contribution >= 0.6 is 7.82 Å². The number of esters is 2. The number of carbonyl (C=O) groups is 2. The molecule has 0 radical (unpaired) electrons. The van der Waals surface area contributed by atoms with Crippen molar-refractivity contribution in [1.82, 2.24) is 0 Å². The molecule has 0 rings (SSSR count). The lowest BCUT2D eigenvalue weighted by Gasteiger charge is -2.19. The number of phosphoric acid groups is 1. The topological polar surface area (TPSA) is 155 Å². The highest BCUT2D eigenvalue weighted by molar-refractivity contribution is 7.47. The first-order chi connectivity index (χ1) is 24.2. The van der Waals surface area contributed by atoms with Crippen molar-refractivity contribution >= 4 is 19.8 Å². The number of allylic oxidation sites excluding steroid dienone is 4. The summed E-state index contributed by atoms with van der Waals surface area (Å²) in [5, 5.41) is 9.84.